The smallest absolute Gasteiger partial charge is 0.251 e. The number of nitrogens with one attached hydrogen (secondary N) is 1. The number of aromatic nitrogens is 1. The fourth-order valence-electron chi connectivity index (χ4n) is 3.82. The topological polar surface area (TPSA) is 45.2 Å². The van der Waals surface area contributed by atoms with Crippen LogP contribution in [0.2, 0.25) is 0 Å². The summed E-state index contributed by atoms with van der Waals surface area (Å²) in [6, 6.07) is 18.0. The van der Waals surface area contributed by atoms with Crippen molar-refractivity contribution in [2.24, 2.45) is 5.92 Å². The molecule has 1 aromatic heterocycles. The van der Waals surface area contributed by atoms with Crippen LogP contribution in [0.3, 0.4) is 0 Å². The van der Waals surface area contributed by atoms with Gasteiger partial charge in [0, 0.05) is 29.9 Å². The molecule has 4 rings (SSSR count). The minimum Gasteiger partial charge on any atom is -0.345 e. The summed E-state index contributed by atoms with van der Waals surface area (Å²) in [5.74, 6) is 0.406. The summed E-state index contributed by atoms with van der Waals surface area (Å²) in [6.45, 7) is 2.08. The number of hydrogen-bond acceptors (Lipinski definition) is 3. The first-order valence-electron chi connectivity index (χ1n) is 9.09. The maximum absolute atomic E-state index is 13.0. The summed E-state index contributed by atoms with van der Waals surface area (Å²) in [5, 5.41) is 5.37. The number of carbonyl (C=O) groups is 1. The Kier molecular flexibility index (Phi) is 4.67. The highest BCUT2D eigenvalue weighted by Crippen LogP contribution is 2.30. The Bertz CT molecular complexity index is 909. The predicted molar refractivity (Wildman–Crippen MR) is 104 cm³/mol. The number of pyridine rings is 1. The van der Waals surface area contributed by atoms with Gasteiger partial charge < -0.3 is 10.2 Å². The summed E-state index contributed by atoms with van der Waals surface area (Å²) in [7, 11) is 2.14. The molecule has 0 spiro atoms. The van der Waals surface area contributed by atoms with E-state index < -0.39 is 0 Å². The van der Waals surface area contributed by atoms with Gasteiger partial charge in [0.25, 0.3) is 5.91 Å². The maximum atomic E-state index is 13.0. The molecule has 3 aromatic rings. The summed E-state index contributed by atoms with van der Waals surface area (Å²) >= 11 is 0. The largest absolute Gasteiger partial charge is 0.345 e. The lowest BCUT2D eigenvalue weighted by Crippen LogP contribution is -2.34. The first-order valence-corrected chi connectivity index (χ1v) is 9.09. The van der Waals surface area contributed by atoms with Crippen molar-refractivity contribution in [3.8, 4) is 0 Å². The van der Waals surface area contributed by atoms with E-state index in [1.54, 1.807) is 6.20 Å². The third kappa shape index (κ3) is 3.46. The molecule has 0 bridgehead atoms. The fourth-order valence-corrected chi connectivity index (χ4v) is 3.82. The van der Waals surface area contributed by atoms with E-state index in [0.717, 1.165) is 30.3 Å². The van der Waals surface area contributed by atoms with Crippen LogP contribution in [-0.2, 0) is 0 Å². The summed E-state index contributed by atoms with van der Waals surface area (Å²) in [6.07, 6.45) is 4.67. The number of fused-ring (bicyclic) bond motifs is 1. The lowest BCUT2D eigenvalue weighted by Gasteiger charge is -2.25. The van der Waals surface area contributed by atoms with Crippen molar-refractivity contribution in [3.63, 3.8) is 0 Å². The molecule has 1 unspecified atom stereocenters. The van der Waals surface area contributed by atoms with Crippen LogP contribution in [-0.4, -0.2) is 35.9 Å². The molecule has 0 aliphatic carbocycles. The zero-order valence-corrected chi connectivity index (χ0v) is 14.9. The number of likely N-dealkylation sites (tertiary alicyclic amines) is 1. The van der Waals surface area contributed by atoms with Gasteiger partial charge in [0.2, 0.25) is 0 Å². The number of amides is 1. The molecule has 2 aromatic carbocycles. The minimum atomic E-state index is -0.0212. The number of rotatable bonds is 4. The van der Waals surface area contributed by atoms with Crippen LogP contribution in [0, 0.1) is 5.92 Å². The van der Waals surface area contributed by atoms with Gasteiger partial charge in [-0.05, 0) is 55.1 Å². The van der Waals surface area contributed by atoms with E-state index in [-0.39, 0.29) is 11.9 Å². The first kappa shape index (κ1) is 16.7. The Balaban J connectivity index is 1.60. The van der Waals surface area contributed by atoms with E-state index in [0.29, 0.717) is 11.5 Å². The Hall–Kier alpha value is -2.72. The lowest BCUT2D eigenvalue weighted by molar-refractivity contribution is 0.0922. The molecule has 1 saturated heterocycles. The second kappa shape index (κ2) is 7.26. The van der Waals surface area contributed by atoms with Crippen molar-refractivity contribution >= 4 is 16.7 Å². The lowest BCUT2D eigenvalue weighted by atomic mass is 9.92. The summed E-state index contributed by atoms with van der Waals surface area (Å²) in [5.41, 5.74) is 1.86. The highest BCUT2D eigenvalue weighted by Gasteiger charge is 2.30. The Morgan fingerprint density at radius 2 is 2.00 bits per heavy atom. The van der Waals surface area contributed by atoms with Crippen molar-refractivity contribution in [2.75, 3.05) is 20.1 Å². The predicted octanol–water partition coefficient (Wildman–Crippen LogP) is 3.66. The second-order valence-electron chi connectivity index (χ2n) is 7.11. The van der Waals surface area contributed by atoms with Gasteiger partial charge in [-0.1, -0.05) is 36.4 Å². The third-order valence-electron chi connectivity index (χ3n) is 5.25. The molecule has 1 aliphatic heterocycles. The van der Waals surface area contributed by atoms with Crippen LogP contribution in [0.5, 0.6) is 0 Å². The van der Waals surface area contributed by atoms with Crippen LogP contribution in [0.15, 0.2) is 67.0 Å². The van der Waals surface area contributed by atoms with Gasteiger partial charge in [-0.3, -0.25) is 9.78 Å². The Morgan fingerprint density at radius 3 is 2.77 bits per heavy atom. The second-order valence-corrected chi connectivity index (χ2v) is 7.11. The molecular formula is C22H23N3O. The van der Waals surface area contributed by atoms with Gasteiger partial charge in [-0.25, -0.2) is 0 Å². The number of hydrogen-bond donors (Lipinski definition) is 1. The summed E-state index contributed by atoms with van der Waals surface area (Å²) in [4.78, 5) is 19.4. The van der Waals surface area contributed by atoms with E-state index >= 15 is 0 Å². The van der Waals surface area contributed by atoms with Crippen LogP contribution in [0.1, 0.15) is 28.4 Å². The quantitative estimate of drug-likeness (QED) is 0.785. The molecule has 26 heavy (non-hydrogen) atoms. The fraction of sp³-hybridized carbons (Fsp3) is 0.273. The molecule has 4 heteroatoms. The van der Waals surface area contributed by atoms with Crippen molar-refractivity contribution in [1.29, 1.82) is 0 Å². The molecule has 1 fully saturated rings. The number of benzene rings is 2. The number of carbonyl (C=O) groups excluding carboxylic acids is 1. The van der Waals surface area contributed by atoms with E-state index in [1.165, 1.54) is 5.56 Å². The molecular weight excluding hydrogens is 322 g/mol. The first-order chi connectivity index (χ1) is 12.7. The van der Waals surface area contributed by atoms with E-state index in [4.69, 9.17) is 0 Å². The minimum absolute atomic E-state index is 0.0212. The standard InChI is InChI=1S/C22H23N3O/c1-25-12-10-20(15-25)21(16-5-3-2-4-6-16)24-22(26)18-7-8-19-14-23-11-9-17(19)13-18/h2-9,11,13-14,20-21H,10,12,15H2,1H3,(H,24,26)/t20?,21-/m0/s1. The van der Waals surface area contributed by atoms with Crippen LogP contribution in [0.4, 0.5) is 0 Å². The van der Waals surface area contributed by atoms with Crippen molar-refractivity contribution < 1.29 is 4.79 Å². The zero-order chi connectivity index (χ0) is 17.9. The van der Waals surface area contributed by atoms with Gasteiger partial charge in [-0.2, -0.15) is 0 Å². The Morgan fingerprint density at radius 1 is 1.15 bits per heavy atom. The average Bonchev–Trinajstić information content (AvgIpc) is 3.12. The average molecular weight is 345 g/mol. The zero-order valence-electron chi connectivity index (χ0n) is 14.9. The molecule has 1 aliphatic rings. The van der Waals surface area contributed by atoms with Crippen LogP contribution >= 0.6 is 0 Å². The van der Waals surface area contributed by atoms with Gasteiger partial charge >= 0.3 is 0 Å². The van der Waals surface area contributed by atoms with Gasteiger partial charge in [0.05, 0.1) is 6.04 Å². The third-order valence-corrected chi connectivity index (χ3v) is 5.25. The number of nitrogens with zero attached hydrogens (tertiary/aromatic N) is 2. The molecule has 0 saturated carbocycles. The van der Waals surface area contributed by atoms with E-state index in [9.17, 15) is 4.79 Å². The van der Waals surface area contributed by atoms with Gasteiger partial charge in [0.1, 0.15) is 0 Å². The molecule has 0 radical (unpaired) electrons. The molecule has 132 valence electrons. The summed E-state index contributed by atoms with van der Waals surface area (Å²) < 4.78 is 0. The monoisotopic (exact) mass is 345 g/mol. The highest BCUT2D eigenvalue weighted by molar-refractivity contribution is 5.98. The van der Waals surface area contributed by atoms with Gasteiger partial charge in [-0.15, -0.1) is 0 Å². The molecule has 2 atom stereocenters. The van der Waals surface area contributed by atoms with Crippen molar-refractivity contribution in [1.82, 2.24) is 15.2 Å². The molecule has 2 heterocycles. The molecule has 1 N–H and O–H groups in total. The molecule has 1 amide bonds. The highest BCUT2D eigenvalue weighted by atomic mass is 16.1. The van der Waals surface area contributed by atoms with Crippen LogP contribution < -0.4 is 5.32 Å². The maximum Gasteiger partial charge on any atom is 0.251 e. The van der Waals surface area contributed by atoms with Crippen LogP contribution in [0.25, 0.3) is 10.8 Å². The van der Waals surface area contributed by atoms with Gasteiger partial charge in [0.15, 0.2) is 0 Å². The SMILES string of the molecule is CN1CCC([C@@H](NC(=O)c2ccc3cnccc3c2)c2ccccc2)C1. The Labute approximate surface area is 153 Å². The van der Waals surface area contributed by atoms with E-state index in [1.807, 2.05) is 48.7 Å². The molecule has 4 nitrogen and oxygen atoms in total. The van der Waals surface area contributed by atoms with Crippen molar-refractivity contribution in [2.45, 2.75) is 12.5 Å². The normalized spacial score (nSPS) is 18.7. The van der Waals surface area contributed by atoms with Crippen molar-refractivity contribution in [3.05, 3.63) is 78.1 Å². The van der Waals surface area contributed by atoms with E-state index in [2.05, 4.69) is 34.4 Å².